The Labute approximate surface area is 168 Å². The normalized spacial score (nSPS) is 22.1. The number of guanidine groups is 1. The Morgan fingerprint density at radius 2 is 1.89 bits per heavy atom. The van der Waals surface area contributed by atoms with Crippen LogP contribution in [0, 0.1) is 0 Å². The molecule has 2 fully saturated rings. The zero-order valence-electron chi connectivity index (χ0n) is 17.0. The summed E-state index contributed by atoms with van der Waals surface area (Å²) in [5.74, 6) is 0.890. The van der Waals surface area contributed by atoms with E-state index >= 15 is 0 Å². The number of morpholine rings is 1. The lowest BCUT2D eigenvalue weighted by atomic mass is 10.2. The highest BCUT2D eigenvalue weighted by Crippen LogP contribution is 2.18. The van der Waals surface area contributed by atoms with Crippen molar-refractivity contribution < 1.29 is 13.2 Å². The van der Waals surface area contributed by atoms with Crippen LogP contribution in [0.15, 0.2) is 34.2 Å². The monoisotopic (exact) mass is 409 g/mol. The maximum atomic E-state index is 12.2. The second-order valence-corrected chi connectivity index (χ2v) is 9.52. The van der Waals surface area contributed by atoms with Crippen LogP contribution in [0.4, 0.5) is 0 Å². The van der Waals surface area contributed by atoms with Gasteiger partial charge in [-0.1, -0.05) is 12.1 Å². The Kier molecular flexibility index (Phi) is 6.92. The van der Waals surface area contributed by atoms with Gasteiger partial charge in [-0.2, -0.15) is 0 Å². The third-order valence-corrected chi connectivity index (χ3v) is 7.22. The lowest BCUT2D eigenvalue weighted by molar-refractivity contribution is 0.0195. The lowest BCUT2D eigenvalue weighted by Gasteiger charge is -2.32. The van der Waals surface area contributed by atoms with Crippen molar-refractivity contribution in [3.63, 3.8) is 0 Å². The Balaban J connectivity index is 1.54. The summed E-state index contributed by atoms with van der Waals surface area (Å²) in [5, 5.41) is 3.40. The summed E-state index contributed by atoms with van der Waals surface area (Å²) in [4.78, 5) is 9.55. The van der Waals surface area contributed by atoms with Crippen LogP contribution in [-0.4, -0.2) is 95.1 Å². The maximum absolute atomic E-state index is 12.2. The molecule has 2 heterocycles. The van der Waals surface area contributed by atoms with Crippen LogP contribution in [0.3, 0.4) is 0 Å². The fraction of sp³-hybridized carbons (Fsp3) is 0.632. The quantitative estimate of drug-likeness (QED) is 0.561. The predicted molar refractivity (Wildman–Crippen MR) is 110 cm³/mol. The summed E-state index contributed by atoms with van der Waals surface area (Å²) in [6, 6.07) is 7.55. The molecular formula is C19H31N5O3S. The molecule has 0 radical (unpaired) electrons. The smallest absolute Gasteiger partial charge is 0.242 e. The van der Waals surface area contributed by atoms with E-state index in [4.69, 9.17) is 4.74 Å². The largest absolute Gasteiger partial charge is 0.379 e. The van der Waals surface area contributed by atoms with Crippen molar-refractivity contribution >= 4 is 16.0 Å². The van der Waals surface area contributed by atoms with Gasteiger partial charge in [0, 0.05) is 59.9 Å². The molecule has 1 unspecified atom stereocenters. The van der Waals surface area contributed by atoms with Gasteiger partial charge in [-0.25, -0.2) is 12.7 Å². The molecule has 9 heteroatoms. The van der Waals surface area contributed by atoms with Gasteiger partial charge in [0.05, 0.1) is 18.1 Å². The van der Waals surface area contributed by atoms with Crippen molar-refractivity contribution in [1.29, 1.82) is 0 Å². The molecule has 2 saturated heterocycles. The lowest BCUT2D eigenvalue weighted by Crippen LogP contribution is -2.46. The van der Waals surface area contributed by atoms with Gasteiger partial charge in [-0.15, -0.1) is 0 Å². The Morgan fingerprint density at radius 3 is 2.50 bits per heavy atom. The van der Waals surface area contributed by atoms with Crippen molar-refractivity contribution in [2.75, 3.05) is 60.5 Å². The molecule has 1 aromatic carbocycles. The van der Waals surface area contributed by atoms with Crippen molar-refractivity contribution in [1.82, 2.24) is 19.4 Å². The molecule has 2 aliphatic rings. The van der Waals surface area contributed by atoms with E-state index < -0.39 is 10.0 Å². The first-order chi connectivity index (χ1) is 13.4. The van der Waals surface area contributed by atoms with Crippen LogP contribution in [0.25, 0.3) is 0 Å². The number of hydrogen-bond acceptors (Lipinski definition) is 5. The van der Waals surface area contributed by atoms with Crippen LogP contribution in [-0.2, 0) is 21.3 Å². The van der Waals surface area contributed by atoms with Gasteiger partial charge in [-0.3, -0.25) is 9.89 Å². The molecular weight excluding hydrogens is 378 g/mol. The molecule has 0 spiro atoms. The first kappa shape index (κ1) is 21.0. The van der Waals surface area contributed by atoms with Gasteiger partial charge in [0.25, 0.3) is 0 Å². The number of rotatable bonds is 5. The van der Waals surface area contributed by atoms with E-state index in [2.05, 4.69) is 20.1 Å². The highest BCUT2D eigenvalue weighted by Gasteiger charge is 2.30. The first-order valence-electron chi connectivity index (χ1n) is 9.70. The van der Waals surface area contributed by atoms with Crippen LogP contribution in [0.1, 0.15) is 12.0 Å². The fourth-order valence-corrected chi connectivity index (χ4v) is 4.58. The molecule has 28 heavy (non-hydrogen) atoms. The van der Waals surface area contributed by atoms with Gasteiger partial charge >= 0.3 is 0 Å². The van der Waals surface area contributed by atoms with E-state index in [9.17, 15) is 8.42 Å². The summed E-state index contributed by atoms with van der Waals surface area (Å²) in [6.07, 6.45) is 1.14. The van der Waals surface area contributed by atoms with E-state index in [1.807, 2.05) is 12.1 Å². The third kappa shape index (κ3) is 4.83. The molecule has 1 atom stereocenters. The summed E-state index contributed by atoms with van der Waals surface area (Å²) >= 11 is 0. The van der Waals surface area contributed by atoms with Crippen LogP contribution in [0.5, 0.6) is 0 Å². The van der Waals surface area contributed by atoms with Crippen molar-refractivity contribution in [2.24, 2.45) is 4.99 Å². The zero-order valence-corrected chi connectivity index (χ0v) is 17.8. The molecule has 2 aliphatic heterocycles. The highest BCUT2D eigenvalue weighted by atomic mass is 32.2. The van der Waals surface area contributed by atoms with Gasteiger partial charge in [0.15, 0.2) is 5.96 Å². The van der Waals surface area contributed by atoms with Crippen molar-refractivity contribution in [3.8, 4) is 0 Å². The van der Waals surface area contributed by atoms with Gasteiger partial charge in [0.2, 0.25) is 10.0 Å². The SMILES string of the molecule is CN=C(NCc1ccc(S(=O)(=O)N(C)C)cc1)N1CCC(N2CCOCC2)C1. The average Bonchev–Trinajstić information content (AvgIpc) is 3.19. The number of nitrogens with zero attached hydrogens (tertiary/aromatic N) is 4. The molecule has 3 rings (SSSR count). The number of aliphatic imine (C=N–C) groups is 1. The molecule has 0 bridgehead atoms. The Hall–Kier alpha value is -1.68. The molecule has 1 N–H and O–H groups in total. The second kappa shape index (κ2) is 9.21. The summed E-state index contributed by atoms with van der Waals surface area (Å²) < 4.78 is 31.0. The van der Waals surface area contributed by atoms with E-state index in [0.29, 0.717) is 17.5 Å². The minimum Gasteiger partial charge on any atom is -0.379 e. The van der Waals surface area contributed by atoms with Crippen LogP contribution < -0.4 is 5.32 Å². The van der Waals surface area contributed by atoms with E-state index in [1.165, 1.54) is 18.4 Å². The molecule has 0 aromatic heterocycles. The molecule has 0 saturated carbocycles. The molecule has 8 nitrogen and oxygen atoms in total. The number of ether oxygens (including phenoxy) is 1. The summed E-state index contributed by atoms with van der Waals surface area (Å²) in [7, 11) is 1.48. The fourth-order valence-electron chi connectivity index (χ4n) is 3.68. The van der Waals surface area contributed by atoms with Gasteiger partial charge < -0.3 is 15.0 Å². The van der Waals surface area contributed by atoms with E-state index in [-0.39, 0.29) is 0 Å². The topological polar surface area (TPSA) is 77.5 Å². The molecule has 1 aromatic rings. The summed E-state index contributed by atoms with van der Waals surface area (Å²) in [6.45, 7) is 6.22. The Bertz CT molecular complexity index is 773. The minimum atomic E-state index is -3.39. The van der Waals surface area contributed by atoms with Gasteiger partial charge in [0.1, 0.15) is 0 Å². The Morgan fingerprint density at radius 1 is 1.21 bits per heavy atom. The maximum Gasteiger partial charge on any atom is 0.242 e. The highest BCUT2D eigenvalue weighted by molar-refractivity contribution is 7.89. The van der Waals surface area contributed by atoms with E-state index in [0.717, 1.165) is 57.3 Å². The standard InChI is InChI=1S/C19H31N5O3S/c1-20-19(24-9-8-17(15-24)23-10-12-27-13-11-23)21-14-16-4-6-18(7-5-16)28(25,26)22(2)3/h4-7,17H,8-15H2,1-3H3,(H,20,21). The molecule has 156 valence electrons. The van der Waals surface area contributed by atoms with Crippen molar-refractivity contribution in [2.45, 2.75) is 23.9 Å². The van der Waals surface area contributed by atoms with Gasteiger partial charge in [-0.05, 0) is 24.1 Å². The predicted octanol–water partition coefficient (Wildman–Crippen LogP) is 0.419. The zero-order chi connectivity index (χ0) is 20.1. The van der Waals surface area contributed by atoms with Crippen LogP contribution >= 0.6 is 0 Å². The molecule has 0 aliphatic carbocycles. The van der Waals surface area contributed by atoms with Crippen LogP contribution in [0.2, 0.25) is 0 Å². The molecule has 0 amide bonds. The number of nitrogens with one attached hydrogen (secondary N) is 1. The summed E-state index contributed by atoms with van der Waals surface area (Å²) in [5.41, 5.74) is 1.02. The minimum absolute atomic E-state index is 0.304. The van der Waals surface area contributed by atoms with Crippen molar-refractivity contribution in [3.05, 3.63) is 29.8 Å². The number of likely N-dealkylation sites (tertiary alicyclic amines) is 1. The number of sulfonamides is 1. The average molecular weight is 410 g/mol. The first-order valence-corrected chi connectivity index (χ1v) is 11.1. The number of hydrogen-bond donors (Lipinski definition) is 1. The van der Waals surface area contributed by atoms with E-state index in [1.54, 1.807) is 19.2 Å². The second-order valence-electron chi connectivity index (χ2n) is 7.37. The third-order valence-electron chi connectivity index (χ3n) is 5.39. The number of benzene rings is 1.